The summed E-state index contributed by atoms with van der Waals surface area (Å²) in [6.45, 7) is 17.9. The molecule has 0 heterocycles. The third-order valence-corrected chi connectivity index (χ3v) is 14.0. The van der Waals surface area contributed by atoms with E-state index in [9.17, 15) is 0 Å². The van der Waals surface area contributed by atoms with Gasteiger partial charge in [0.05, 0.1) is 6.10 Å². The van der Waals surface area contributed by atoms with Crippen LogP contribution in [0.1, 0.15) is 157 Å². The van der Waals surface area contributed by atoms with E-state index in [0.29, 0.717) is 28.8 Å². The second-order valence-electron chi connectivity index (χ2n) is 17.0. The SMILES string of the molecule is CCCCCOCC(C)CCC(OCCCCC)[C@@H](C)[C@H]1CC[C@H]2[C@@H]3CCC4CCCC[C@]4(C)[C@H]3CC[C@]12C.Nc1ccccc1. The number of hydrogen-bond donors (Lipinski definition) is 1. The molecular formula is C43H75NO2. The first-order valence-corrected chi connectivity index (χ1v) is 20.2. The minimum atomic E-state index is 0.425. The number of nitrogen functional groups attached to an aromatic ring is 1. The molecule has 1 aromatic carbocycles. The summed E-state index contributed by atoms with van der Waals surface area (Å²) in [6, 6.07) is 9.49. The van der Waals surface area contributed by atoms with E-state index in [1.54, 1.807) is 6.42 Å². The Kier molecular flexibility index (Phi) is 15.3. The highest BCUT2D eigenvalue weighted by Crippen LogP contribution is 2.68. The van der Waals surface area contributed by atoms with Gasteiger partial charge in [0, 0.05) is 25.5 Å². The highest BCUT2D eigenvalue weighted by Gasteiger charge is 2.60. The number of nitrogens with two attached hydrogens (primary N) is 1. The van der Waals surface area contributed by atoms with Crippen molar-refractivity contribution in [2.75, 3.05) is 25.6 Å². The molecule has 0 spiro atoms. The Labute approximate surface area is 285 Å². The van der Waals surface area contributed by atoms with Gasteiger partial charge in [0.25, 0.3) is 0 Å². The molecule has 4 aliphatic carbocycles. The van der Waals surface area contributed by atoms with Gasteiger partial charge in [0.1, 0.15) is 0 Å². The zero-order valence-electron chi connectivity index (χ0n) is 31.2. The molecule has 5 rings (SSSR count). The lowest BCUT2D eigenvalue weighted by atomic mass is 9.44. The molecule has 46 heavy (non-hydrogen) atoms. The molecule has 0 saturated heterocycles. The Hall–Kier alpha value is -1.06. The fourth-order valence-corrected chi connectivity index (χ4v) is 11.3. The summed E-state index contributed by atoms with van der Waals surface area (Å²) in [6.07, 6.45) is 25.6. The second kappa shape index (κ2) is 18.6. The Balaban J connectivity index is 0.000000606. The van der Waals surface area contributed by atoms with Crippen molar-refractivity contribution in [1.29, 1.82) is 0 Å². The van der Waals surface area contributed by atoms with Crippen molar-refractivity contribution in [3.63, 3.8) is 0 Å². The predicted octanol–water partition coefficient (Wildman–Crippen LogP) is 12.1. The summed E-state index contributed by atoms with van der Waals surface area (Å²) >= 11 is 0. The monoisotopic (exact) mass is 638 g/mol. The fourth-order valence-electron chi connectivity index (χ4n) is 11.3. The predicted molar refractivity (Wildman–Crippen MR) is 198 cm³/mol. The maximum Gasteiger partial charge on any atom is 0.0603 e. The van der Waals surface area contributed by atoms with Gasteiger partial charge in [-0.2, -0.15) is 0 Å². The molecule has 4 aliphatic rings. The second-order valence-corrected chi connectivity index (χ2v) is 17.0. The normalized spacial score (nSPS) is 33.9. The number of para-hydroxylation sites is 1. The van der Waals surface area contributed by atoms with E-state index in [1.165, 1.54) is 109 Å². The van der Waals surface area contributed by atoms with E-state index >= 15 is 0 Å². The first kappa shape index (κ1) is 37.8. The highest BCUT2D eigenvalue weighted by molar-refractivity contribution is 5.35. The van der Waals surface area contributed by atoms with Gasteiger partial charge in [-0.1, -0.05) is 98.3 Å². The van der Waals surface area contributed by atoms with Gasteiger partial charge < -0.3 is 15.2 Å². The van der Waals surface area contributed by atoms with Crippen LogP contribution in [0.4, 0.5) is 5.69 Å². The molecule has 0 bridgehead atoms. The van der Waals surface area contributed by atoms with Gasteiger partial charge in [0.15, 0.2) is 0 Å². The molecule has 264 valence electrons. The van der Waals surface area contributed by atoms with Crippen molar-refractivity contribution in [2.45, 2.75) is 163 Å². The Morgan fingerprint density at radius 2 is 1.48 bits per heavy atom. The summed E-state index contributed by atoms with van der Waals surface area (Å²) in [5.41, 5.74) is 7.38. The van der Waals surface area contributed by atoms with Gasteiger partial charge in [0.2, 0.25) is 0 Å². The molecule has 0 radical (unpaired) electrons. The largest absolute Gasteiger partial charge is 0.399 e. The molecule has 0 amide bonds. The van der Waals surface area contributed by atoms with Crippen LogP contribution in [0.15, 0.2) is 30.3 Å². The van der Waals surface area contributed by atoms with Crippen LogP contribution in [0.5, 0.6) is 0 Å². The third-order valence-electron chi connectivity index (χ3n) is 14.0. The van der Waals surface area contributed by atoms with E-state index < -0.39 is 0 Å². The van der Waals surface area contributed by atoms with E-state index in [4.69, 9.17) is 15.2 Å². The van der Waals surface area contributed by atoms with Gasteiger partial charge in [-0.25, -0.2) is 0 Å². The lowest BCUT2D eigenvalue weighted by Gasteiger charge is -2.61. The van der Waals surface area contributed by atoms with Crippen molar-refractivity contribution in [2.24, 2.45) is 52.3 Å². The van der Waals surface area contributed by atoms with Crippen LogP contribution in [0.3, 0.4) is 0 Å². The molecule has 3 nitrogen and oxygen atoms in total. The van der Waals surface area contributed by atoms with Gasteiger partial charge in [-0.3, -0.25) is 0 Å². The fraction of sp³-hybridized carbons (Fsp3) is 0.860. The van der Waals surface area contributed by atoms with Crippen LogP contribution < -0.4 is 5.73 Å². The number of anilines is 1. The van der Waals surface area contributed by atoms with Gasteiger partial charge in [-0.15, -0.1) is 0 Å². The van der Waals surface area contributed by atoms with Crippen molar-refractivity contribution < 1.29 is 9.47 Å². The first-order valence-electron chi connectivity index (χ1n) is 20.2. The van der Waals surface area contributed by atoms with Crippen LogP contribution in [-0.2, 0) is 9.47 Å². The van der Waals surface area contributed by atoms with Crippen LogP contribution in [-0.4, -0.2) is 25.9 Å². The first-order chi connectivity index (χ1) is 22.2. The van der Waals surface area contributed by atoms with E-state index in [-0.39, 0.29) is 0 Å². The maximum atomic E-state index is 6.80. The molecule has 3 heteroatoms. The van der Waals surface area contributed by atoms with Crippen molar-refractivity contribution in [1.82, 2.24) is 0 Å². The molecule has 4 saturated carbocycles. The number of ether oxygens (including phenoxy) is 2. The molecular weight excluding hydrogens is 562 g/mol. The average molecular weight is 638 g/mol. The highest BCUT2D eigenvalue weighted by atomic mass is 16.5. The van der Waals surface area contributed by atoms with Gasteiger partial charge in [-0.05, 0) is 141 Å². The summed E-state index contributed by atoms with van der Waals surface area (Å²) in [7, 11) is 0. The quantitative estimate of drug-likeness (QED) is 0.145. The minimum Gasteiger partial charge on any atom is -0.399 e. The standard InChI is InChI=1S/C37H68O2.C6H7N/c1-7-9-13-25-38-27-28(3)16-21-35(39-26-14-10-8-2)29(4)32-19-20-33-31-18-17-30-15-11-12-23-36(30,5)34(31)22-24-37(32,33)6;7-6-4-2-1-3-5-6/h28-35H,7-27H2,1-6H3;1-5H,7H2/t28?,29-,30?,31-,32+,33-,34-,35?,36-,37+;/m0./s1. The lowest BCUT2D eigenvalue weighted by molar-refractivity contribution is -0.121. The zero-order valence-corrected chi connectivity index (χ0v) is 31.2. The average Bonchev–Trinajstić information content (AvgIpc) is 3.41. The van der Waals surface area contributed by atoms with Gasteiger partial charge >= 0.3 is 0 Å². The summed E-state index contributed by atoms with van der Waals surface area (Å²) in [5, 5.41) is 0. The topological polar surface area (TPSA) is 44.5 Å². The summed E-state index contributed by atoms with van der Waals surface area (Å²) < 4.78 is 12.8. The van der Waals surface area contributed by atoms with Crippen LogP contribution in [0.25, 0.3) is 0 Å². The Morgan fingerprint density at radius 3 is 2.17 bits per heavy atom. The smallest absolute Gasteiger partial charge is 0.0603 e. The number of unbranched alkanes of at least 4 members (excludes halogenated alkanes) is 4. The Bertz CT molecular complexity index is 967. The minimum absolute atomic E-state index is 0.425. The van der Waals surface area contributed by atoms with Crippen LogP contribution >= 0.6 is 0 Å². The van der Waals surface area contributed by atoms with Crippen molar-refractivity contribution in [3.8, 4) is 0 Å². The zero-order chi connectivity index (χ0) is 33.0. The van der Waals surface area contributed by atoms with Crippen molar-refractivity contribution >= 4 is 5.69 Å². The lowest BCUT2D eigenvalue weighted by Crippen LogP contribution is -2.53. The number of hydrogen-bond acceptors (Lipinski definition) is 3. The van der Waals surface area contributed by atoms with Crippen LogP contribution in [0.2, 0.25) is 0 Å². The third kappa shape index (κ3) is 9.55. The van der Waals surface area contributed by atoms with E-state index in [2.05, 4.69) is 41.5 Å². The molecule has 0 aliphatic heterocycles. The molecule has 4 fully saturated rings. The number of rotatable bonds is 16. The molecule has 3 unspecified atom stereocenters. The van der Waals surface area contributed by atoms with Crippen LogP contribution in [0, 0.1) is 52.3 Å². The molecule has 0 aromatic heterocycles. The van der Waals surface area contributed by atoms with Crippen molar-refractivity contribution in [3.05, 3.63) is 30.3 Å². The van der Waals surface area contributed by atoms with E-state index in [0.717, 1.165) is 55.1 Å². The maximum absolute atomic E-state index is 6.80. The summed E-state index contributed by atoms with van der Waals surface area (Å²) in [5.74, 6) is 6.19. The molecule has 10 atom stereocenters. The summed E-state index contributed by atoms with van der Waals surface area (Å²) in [4.78, 5) is 0. The Morgan fingerprint density at radius 1 is 0.761 bits per heavy atom. The van der Waals surface area contributed by atoms with E-state index in [1.807, 2.05) is 30.3 Å². The number of benzene rings is 1. The molecule has 2 N–H and O–H groups in total. The molecule has 1 aromatic rings. The number of fused-ring (bicyclic) bond motifs is 5.